The molecule has 1 fully saturated rings. The number of nitrogens with one attached hydrogen (secondary N) is 2. The molecule has 1 aliphatic heterocycles. The van der Waals surface area contributed by atoms with Crippen LogP contribution in [0.1, 0.15) is 34.7 Å². The van der Waals surface area contributed by atoms with Gasteiger partial charge in [-0.05, 0) is 25.0 Å². The lowest BCUT2D eigenvalue weighted by atomic mass is 9.96. The number of carbonyl (C=O) groups excluding carboxylic acids is 1. The van der Waals surface area contributed by atoms with Crippen molar-refractivity contribution < 1.29 is 9.53 Å². The van der Waals surface area contributed by atoms with Gasteiger partial charge in [0, 0.05) is 19.0 Å². The van der Waals surface area contributed by atoms with Gasteiger partial charge in [0.15, 0.2) is 0 Å². The van der Waals surface area contributed by atoms with Crippen LogP contribution in [0.2, 0.25) is 0 Å². The predicted octanol–water partition coefficient (Wildman–Crippen LogP) is 3.31. The standard InChI is InChI=1S/C21H26N2O2.ClH/c1-15-5-3-7-17(11-15)21(18-8-4-6-16(2)12-18)23-20(24)13-19-14-25-10-9-22-19;/h3-8,11-12,19,21-22H,9-10,13-14H2,1-2H3,(H,23,24);1H. The topological polar surface area (TPSA) is 50.4 Å². The molecule has 1 amide bonds. The summed E-state index contributed by atoms with van der Waals surface area (Å²) in [6, 6.07) is 16.6. The molecule has 3 rings (SSSR count). The van der Waals surface area contributed by atoms with Gasteiger partial charge >= 0.3 is 0 Å². The van der Waals surface area contributed by atoms with Crippen LogP contribution in [0.3, 0.4) is 0 Å². The summed E-state index contributed by atoms with van der Waals surface area (Å²) < 4.78 is 5.45. The van der Waals surface area contributed by atoms with Gasteiger partial charge < -0.3 is 15.4 Å². The molecular weight excluding hydrogens is 348 g/mol. The minimum atomic E-state index is -0.142. The number of halogens is 1. The summed E-state index contributed by atoms with van der Waals surface area (Å²) in [5.41, 5.74) is 4.58. The van der Waals surface area contributed by atoms with Gasteiger partial charge in [-0.25, -0.2) is 0 Å². The van der Waals surface area contributed by atoms with E-state index >= 15 is 0 Å². The van der Waals surface area contributed by atoms with Crippen LogP contribution in [0.4, 0.5) is 0 Å². The number of ether oxygens (including phenoxy) is 1. The highest BCUT2D eigenvalue weighted by atomic mass is 35.5. The summed E-state index contributed by atoms with van der Waals surface area (Å²) in [7, 11) is 0. The largest absolute Gasteiger partial charge is 0.378 e. The van der Waals surface area contributed by atoms with E-state index in [1.165, 1.54) is 11.1 Å². The molecular formula is C21H27ClN2O2. The summed E-state index contributed by atoms with van der Waals surface area (Å²) in [6.07, 6.45) is 0.425. The Morgan fingerprint density at radius 2 is 1.77 bits per heavy atom. The lowest BCUT2D eigenvalue weighted by Gasteiger charge is -2.25. The lowest BCUT2D eigenvalue weighted by molar-refractivity contribution is -0.122. The van der Waals surface area contributed by atoms with E-state index in [9.17, 15) is 4.79 Å². The van der Waals surface area contributed by atoms with Crippen molar-refractivity contribution in [1.82, 2.24) is 10.6 Å². The van der Waals surface area contributed by atoms with Crippen molar-refractivity contribution in [2.75, 3.05) is 19.8 Å². The molecule has 2 aromatic rings. The van der Waals surface area contributed by atoms with Gasteiger partial charge in [-0.1, -0.05) is 59.7 Å². The van der Waals surface area contributed by atoms with Crippen molar-refractivity contribution in [3.63, 3.8) is 0 Å². The summed E-state index contributed by atoms with van der Waals surface area (Å²) in [6.45, 7) is 6.25. The number of amides is 1. The average Bonchev–Trinajstić information content (AvgIpc) is 2.60. The fourth-order valence-corrected chi connectivity index (χ4v) is 3.25. The first-order valence-corrected chi connectivity index (χ1v) is 8.85. The highest BCUT2D eigenvalue weighted by Gasteiger charge is 2.21. The Morgan fingerprint density at radius 1 is 1.15 bits per heavy atom. The van der Waals surface area contributed by atoms with Crippen LogP contribution in [0.25, 0.3) is 0 Å². The second kappa shape index (κ2) is 9.72. The second-order valence-corrected chi connectivity index (χ2v) is 6.76. The van der Waals surface area contributed by atoms with E-state index < -0.39 is 0 Å². The molecule has 0 aromatic heterocycles. The number of morpholine rings is 1. The highest BCUT2D eigenvalue weighted by molar-refractivity contribution is 5.85. The van der Waals surface area contributed by atoms with E-state index in [1.807, 2.05) is 12.1 Å². The summed E-state index contributed by atoms with van der Waals surface area (Å²) in [5.74, 6) is 0.0380. The average molecular weight is 375 g/mol. The molecule has 1 unspecified atom stereocenters. The molecule has 5 heteroatoms. The van der Waals surface area contributed by atoms with Gasteiger partial charge in [0.1, 0.15) is 0 Å². The van der Waals surface area contributed by atoms with Crippen molar-refractivity contribution in [2.45, 2.75) is 32.4 Å². The maximum absolute atomic E-state index is 12.6. The Morgan fingerprint density at radius 3 is 2.27 bits per heavy atom. The van der Waals surface area contributed by atoms with Gasteiger partial charge in [-0.2, -0.15) is 0 Å². The number of hydrogen-bond donors (Lipinski definition) is 2. The second-order valence-electron chi connectivity index (χ2n) is 6.76. The summed E-state index contributed by atoms with van der Waals surface area (Å²) in [4.78, 5) is 12.6. The highest BCUT2D eigenvalue weighted by Crippen LogP contribution is 2.24. The Labute approximate surface area is 161 Å². The van der Waals surface area contributed by atoms with Crippen molar-refractivity contribution in [3.8, 4) is 0 Å². The minimum Gasteiger partial charge on any atom is -0.378 e. The van der Waals surface area contributed by atoms with Gasteiger partial charge in [-0.15, -0.1) is 12.4 Å². The van der Waals surface area contributed by atoms with Crippen LogP contribution in [0.15, 0.2) is 48.5 Å². The molecule has 0 spiro atoms. The molecule has 0 radical (unpaired) electrons. The maximum Gasteiger partial charge on any atom is 0.222 e. The van der Waals surface area contributed by atoms with Crippen LogP contribution in [-0.2, 0) is 9.53 Å². The molecule has 2 aromatic carbocycles. The Balaban J connectivity index is 0.00000243. The number of rotatable bonds is 5. The van der Waals surface area contributed by atoms with Crippen LogP contribution in [0, 0.1) is 13.8 Å². The number of carbonyl (C=O) groups is 1. The molecule has 0 bridgehead atoms. The zero-order valence-corrected chi connectivity index (χ0v) is 16.1. The lowest BCUT2D eigenvalue weighted by Crippen LogP contribution is -2.44. The van der Waals surface area contributed by atoms with E-state index in [1.54, 1.807) is 0 Å². The van der Waals surface area contributed by atoms with Crippen molar-refractivity contribution in [3.05, 3.63) is 70.8 Å². The van der Waals surface area contributed by atoms with Gasteiger partial charge in [0.05, 0.1) is 19.3 Å². The molecule has 140 valence electrons. The molecule has 1 aliphatic rings. The van der Waals surface area contributed by atoms with Gasteiger partial charge in [0.25, 0.3) is 0 Å². The monoisotopic (exact) mass is 374 g/mol. The molecule has 4 nitrogen and oxygen atoms in total. The van der Waals surface area contributed by atoms with E-state index in [0.717, 1.165) is 17.7 Å². The molecule has 0 saturated carbocycles. The third-order valence-corrected chi connectivity index (χ3v) is 4.49. The first-order valence-electron chi connectivity index (χ1n) is 8.85. The Hall–Kier alpha value is -1.88. The van der Waals surface area contributed by atoms with E-state index in [0.29, 0.717) is 19.6 Å². The normalized spacial score (nSPS) is 16.8. The van der Waals surface area contributed by atoms with Crippen LogP contribution in [-0.4, -0.2) is 31.7 Å². The molecule has 1 saturated heterocycles. The molecule has 26 heavy (non-hydrogen) atoms. The molecule has 1 heterocycles. The predicted molar refractivity (Wildman–Crippen MR) is 107 cm³/mol. The number of hydrogen-bond acceptors (Lipinski definition) is 3. The van der Waals surface area contributed by atoms with Crippen LogP contribution in [0.5, 0.6) is 0 Å². The van der Waals surface area contributed by atoms with E-state index in [2.05, 4.69) is 60.9 Å². The quantitative estimate of drug-likeness (QED) is 0.844. The minimum absolute atomic E-state index is 0. The zero-order chi connectivity index (χ0) is 17.6. The smallest absolute Gasteiger partial charge is 0.222 e. The third-order valence-electron chi connectivity index (χ3n) is 4.49. The van der Waals surface area contributed by atoms with Crippen molar-refractivity contribution in [1.29, 1.82) is 0 Å². The van der Waals surface area contributed by atoms with Gasteiger partial charge in [-0.3, -0.25) is 4.79 Å². The molecule has 0 aliphatic carbocycles. The zero-order valence-electron chi connectivity index (χ0n) is 15.3. The molecule has 1 atom stereocenters. The summed E-state index contributed by atoms with van der Waals surface area (Å²) >= 11 is 0. The third kappa shape index (κ3) is 5.56. The maximum atomic E-state index is 12.6. The first-order chi connectivity index (χ1) is 12.1. The van der Waals surface area contributed by atoms with Crippen molar-refractivity contribution in [2.24, 2.45) is 0 Å². The SMILES string of the molecule is Cc1cccc(C(NC(=O)CC2COCCN2)c2cccc(C)c2)c1.Cl. The van der Waals surface area contributed by atoms with Gasteiger partial charge in [0.2, 0.25) is 5.91 Å². The number of aryl methyl sites for hydroxylation is 2. The summed E-state index contributed by atoms with van der Waals surface area (Å²) in [5, 5.41) is 6.55. The number of benzene rings is 2. The van der Waals surface area contributed by atoms with Crippen LogP contribution >= 0.6 is 12.4 Å². The molecule has 2 N–H and O–H groups in total. The Kier molecular flexibility index (Phi) is 7.64. The van der Waals surface area contributed by atoms with E-state index in [4.69, 9.17) is 4.74 Å². The van der Waals surface area contributed by atoms with Crippen LogP contribution < -0.4 is 10.6 Å². The fourth-order valence-electron chi connectivity index (χ4n) is 3.25. The Bertz CT molecular complexity index is 684. The fraction of sp³-hybridized carbons (Fsp3) is 0.381. The first kappa shape index (κ1) is 20.4. The van der Waals surface area contributed by atoms with Crippen molar-refractivity contribution >= 4 is 18.3 Å². The van der Waals surface area contributed by atoms with E-state index in [-0.39, 0.29) is 30.4 Å².